The van der Waals surface area contributed by atoms with Gasteiger partial charge in [-0.15, -0.1) is 0 Å². The summed E-state index contributed by atoms with van der Waals surface area (Å²) in [5.74, 6) is 0. The largest absolute Gasteiger partial charge is 0.423 e. The molecule has 0 unspecified atom stereocenters. The van der Waals surface area contributed by atoms with Gasteiger partial charge < -0.3 is 10.2 Å². The van der Waals surface area contributed by atoms with Gasteiger partial charge in [-0.25, -0.2) is 4.79 Å². The number of nitrogens with two attached hydrogens (primary N) is 1. The molecule has 0 saturated heterocycles. The second-order valence-corrected chi connectivity index (χ2v) is 4.10. The standard InChI is InChI=1S/C15H11NO2/c16-11-6-7-12-13(10-4-2-1-3-5-10)9-15(17)18-14(12)8-11/h1-9H,16H2. The van der Waals surface area contributed by atoms with Gasteiger partial charge in [-0.2, -0.15) is 0 Å². The van der Waals surface area contributed by atoms with Crippen LogP contribution in [-0.4, -0.2) is 0 Å². The van der Waals surface area contributed by atoms with E-state index < -0.39 is 0 Å². The Labute approximate surface area is 103 Å². The van der Waals surface area contributed by atoms with Crippen molar-refractivity contribution in [2.45, 2.75) is 0 Å². The molecule has 0 aliphatic rings. The van der Waals surface area contributed by atoms with Crippen LogP contribution < -0.4 is 11.4 Å². The van der Waals surface area contributed by atoms with Crippen LogP contribution in [0.5, 0.6) is 0 Å². The zero-order chi connectivity index (χ0) is 12.5. The van der Waals surface area contributed by atoms with Crippen molar-refractivity contribution in [3.05, 3.63) is 65.0 Å². The molecule has 2 N–H and O–H groups in total. The third-order valence-corrected chi connectivity index (χ3v) is 2.85. The molecule has 0 aliphatic heterocycles. The van der Waals surface area contributed by atoms with Crippen LogP contribution in [0.4, 0.5) is 5.69 Å². The maximum atomic E-state index is 11.6. The minimum absolute atomic E-state index is 0.369. The normalized spacial score (nSPS) is 10.7. The molecule has 3 aromatic rings. The van der Waals surface area contributed by atoms with Crippen molar-refractivity contribution in [3.63, 3.8) is 0 Å². The molecule has 0 atom stereocenters. The van der Waals surface area contributed by atoms with E-state index in [1.54, 1.807) is 12.1 Å². The van der Waals surface area contributed by atoms with Gasteiger partial charge in [0.15, 0.2) is 0 Å². The van der Waals surface area contributed by atoms with Crippen molar-refractivity contribution >= 4 is 16.7 Å². The van der Waals surface area contributed by atoms with E-state index in [1.165, 1.54) is 6.07 Å². The fraction of sp³-hybridized carbons (Fsp3) is 0. The third kappa shape index (κ3) is 1.76. The Kier molecular flexibility index (Phi) is 2.38. The van der Waals surface area contributed by atoms with Crippen molar-refractivity contribution < 1.29 is 4.42 Å². The molecule has 0 radical (unpaired) electrons. The Bertz CT molecular complexity index is 760. The molecule has 1 heterocycles. The van der Waals surface area contributed by atoms with Gasteiger partial charge in [0, 0.05) is 23.2 Å². The minimum Gasteiger partial charge on any atom is -0.423 e. The van der Waals surface area contributed by atoms with Crippen LogP contribution in [0.3, 0.4) is 0 Å². The summed E-state index contributed by atoms with van der Waals surface area (Å²) < 4.78 is 5.17. The van der Waals surface area contributed by atoms with Crippen molar-refractivity contribution in [1.82, 2.24) is 0 Å². The van der Waals surface area contributed by atoms with E-state index in [1.807, 2.05) is 36.4 Å². The molecule has 3 rings (SSSR count). The molecule has 1 aromatic heterocycles. The third-order valence-electron chi connectivity index (χ3n) is 2.85. The number of anilines is 1. The van der Waals surface area contributed by atoms with Gasteiger partial charge >= 0.3 is 5.63 Å². The van der Waals surface area contributed by atoms with E-state index in [9.17, 15) is 4.79 Å². The zero-order valence-corrected chi connectivity index (χ0v) is 9.59. The molecule has 18 heavy (non-hydrogen) atoms. The molecule has 0 spiro atoms. The van der Waals surface area contributed by atoms with Crippen LogP contribution in [0.25, 0.3) is 22.1 Å². The smallest absolute Gasteiger partial charge is 0.336 e. The maximum absolute atomic E-state index is 11.6. The second kappa shape index (κ2) is 4.04. The maximum Gasteiger partial charge on any atom is 0.336 e. The summed E-state index contributed by atoms with van der Waals surface area (Å²) in [6.07, 6.45) is 0. The summed E-state index contributed by atoms with van der Waals surface area (Å²) in [6.45, 7) is 0. The van der Waals surface area contributed by atoms with Crippen LogP contribution >= 0.6 is 0 Å². The number of nitrogen functional groups attached to an aromatic ring is 1. The first-order chi connectivity index (χ1) is 8.74. The molecule has 3 nitrogen and oxygen atoms in total. The van der Waals surface area contributed by atoms with E-state index in [-0.39, 0.29) is 5.63 Å². The molecule has 3 heteroatoms. The molecule has 88 valence electrons. The Balaban J connectivity index is 2.39. The number of hydrogen-bond donors (Lipinski definition) is 1. The van der Waals surface area contributed by atoms with Crippen LogP contribution in [0.1, 0.15) is 0 Å². The topological polar surface area (TPSA) is 56.2 Å². The van der Waals surface area contributed by atoms with E-state index in [2.05, 4.69) is 0 Å². The van der Waals surface area contributed by atoms with E-state index in [4.69, 9.17) is 10.2 Å². The van der Waals surface area contributed by atoms with Crippen LogP contribution in [-0.2, 0) is 0 Å². The van der Waals surface area contributed by atoms with Crippen molar-refractivity contribution in [3.8, 4) is 11.1 Å². The Hall–Kier alpha value is -2.55. The molecule has 0 saturated carbocycles. The first-order valence-corrected chi connectivity index (χ1v) is 5.63. The van der Waals surface area contributed by atoms with Gasteiger partial charge in [0.1, 0.15) is 5.58 Å². The lowest BCUT2D eigenvalue weighted by molar-refractivity contribution is 0.562. The summed E-state index contributed by atoms with van der Waals surface area (Å²) in [6, 6.07) is 16.6. The molecule has 2 aromatic carbocycles. The summed E-state index contributed by atoms with van der Waals surface area (Å²) >= 11 is 0. The highest BCUT2D eigenvalue weighted by Crippen LogP contribution is 2.27. The minimum atomic E-state index is -0.369. The van der Waals surface area contributed by atoms with Crippen LogP contribution in [0.15, 0.2) is 63.8 Å². The number of hydrogen-bond acceptors (Lipinski definition) is 3. The van der Waals surface area contributed by atoms with E-state index >= 15 is 0 Å². The highest BCUT2D eigenvalue weighted by Gasteiger charge is 2.07. The quantitative estimate of drug-likeness (QED) is 0.522. The van der Waals surface area contributed by atoms with Crippen molar-refractivity contribution in [1.29, 1.82) is 0 Å². The molecular formula is C15H11NO2. The lowest BCUT2D eigenvalue weighted by Crippen LogP contribution is -1.98. The SMILES string of the molecule is Nc1ccc2c(-c3ccccc3)cc(=O)oc2c1. The van der Waals surface area contributed by atoms with E-state index in [0.717, 1.165) is 16.5 Å². The van der Waals surface area contributed by atoms with Crippen LogP contribution in [0, 0.1) is 0 Å². The second-order valence-electron chi connectivity index (χ2n) is 4.10. The van der Waals surface area contributed by atoms with Crippen molar-refractivity contribution in [2.75, 3.05) is 5.73 Å². The number of benzene rings is 2. The lowest BCUT2D eigenvalue weighted by atomic mass is 10.0. The molecule has 0 bridgehead atoms. The van der Waals surface area contributed by atoms with Gasteiger partial charge in [0.2, 0.25) is 0 Å². The van der Waals surface area contributed by atoms with Crippen LogP contribution in [0.2, 0.25) is 0 Å². The Morgan fingerprint density at radius 2 is 1.72 bits per heavy atom. The Morgan fingerprint density at radius 3 is 2.50 bits per heavy atom. The molecule has 0 aliphatic carbocycles. The average Bonchev–Trinajstić information content (AvgIpc) is 2.38. The highest BCUT2D eigenvalue weighted by molar-refractivity contribution is 5.94. The summed E-state index contributed by atoms with van der Waals surface area (Å²) in [4.78, 5) is 11.6. The number of fused-ring (bicyclic) bond motifs is 1. The molecule has 0 fully saturated rings. The average molecular weight is 237 g/mol. The first kappa shape index (κ1) is 10.6. The zero-order valence-electron chi connectivity index (χ0n) is 9.59. The fourth-order valence-corrected chi connectivity index (χ4v) is 2.04. The van der Waals surface area contributed by atoms with Gasteiger partial charge in [-0.3, -0.25) is 0 Å². The van der Waals surface area contributed by atoms with E-state index in [0.29, 0.717) is 11.3 Å². The molecule has 0 amide bonds. The number of rotatable bonds is 1. The summed E-state index contributed by atoms with van der Waals surface area (Å²) in [5, 5.41) is 0.884. The van der Waals surface area contributed by atoms with Gasteiger partial charge in [0.25, 0.3) is 0 Å². The monoisotopic (exact) mass is 237 g/mol. The summed E-state index contributed by atoms with van der Waals surface area (Å²) in [5.41, 5.74) is 8.28. The highest BCUT2D eigenvalue weighted by atomic mass is 16.4. The fourth-order valence-electron chi connectivity index (χ4n) is 2.04. The Morgan fingerprint density at radius 1 is 0.944 bits per heavy atom. The lowest BCUT2D eigenvalue weighted by Gasteiger charge is -2.05. The first-order valence-electron chi connectivity index (χ1n) is 5.63. The van der Waals surface area contributed by atoms with Gasteiger partial charge in [-0.1, -0.05) is 30.3 Å². The predicted molar refractivity (Wildman–Crippen MR) is 72.3 cm³/mol. The predicted octanol–water partition coefficient (Wildman–Crippen LogP) is 3.04. The van der Waals surface area contributed by atoms with Gasteiger partial charge in [-0.05, 0) is 23.3 Å². The van der Waals surface area contributed by atoms with Gasteiger partial charge in [0.05, 0.1) is 0 Å². The van der Waals surface area contributed by atoms with Crippen molar-refractivity contribution in [2.24, 2.45) is 0 Å². The molecular weight excluding hydrogens is 226 g/mol. The summed E-state index contributed by atoms with van der Waals surface area (Å²) in [7, 11) is 0.